The first-order valence-corrected chi connectivity index (χ1v) is 10.3. The van der Waals surface area contributed by atoms with Gasteiger partial charge >= 0.3 is 6.36 Å². The van der Waals surface area contributed by atoms with Crippen LogP contribution in [-0.4, -0.2) is 20.7 Å². The first kappa shape index (κ1) is 21.4. The van der Waals surface area contributed by atoms with Crippen LogP contribution in [0.5, 0.6) is 5.75 Å². The average molecular weight is 439 g/mol. The molecule has 0 spiro atoms. The summed E-state index contributed by atoms with van der Waals surface area (Å²) in [5.41, 5.74) is 0.538. The zero-order valence-electron chi connectivity index (χ0n) is 15.3. The molecule has 0 saturated heterocycles. The normalized spacial score (nSPS) is 11.8. The van der Waals surface area contributed by atoms with E-state index in [-0.39, 0.29) is 28.7 Å². The summed E-state index contributed by atoms with van der Waals surface area (Å²) in [6.07, 6.45) is -4.78. The number of hydrogen-bond acceptors (Lipinski definition) is 5. The van der Waals surface area contributed by atoms with Crippen LogP contribution in [0.2, 0.25) is 0 Å². The Bertz CT molecular complexity index is 1110. The van der Waals surface area contributed by atoms with Crippen molar-refractivity contribution in [2.75, 3.05) is 0 Å². The summed E-state index contributed by atoms with van der Waals surface area (Å²) in [6, 6.07) is 15.6. The lowest BCUT2D eigenvalue weighted by molar-refractivity contribution is -0.274. The lowest BCUT2D eigenvalue weighted by atomic mass is 10.2. The van der Waals surface area contributed by atoms with Gasteiger partial charge in [-0.3, -0.25) is 4.79 Å². The number of hydrogen-bond donors (Lipinski definition) is 1. The summed E-state index contributed by atoms with van der Waals surface area (Å²) in [4.78, 5) is 12.3. The molecule has 2 aromatic carbocycles. The molecule has 1 amide bonds. The highest BCUT2D eigenvalue weighted by Gasteiger charge is 2.31. The van der Waals surface area contributed by atoms with Gasteiger partial charge in [-0.05, 0) is 42.0 Å². The van der Waals surface area contributed by atoms with Crippen molar-refractivity contribution in [3.05, 3.63) is 83.8 Å². The predicted molar refractivity (Wildman–Crippen MR) is 100 cm³/mol. The van der Waals surface area contributed by atoms with Gasteiger partial charge in [-0.15, -0.1) is 13.2 Å². The Kier molecular flexibility index (Phi) is 6.16. The Morgan fingerprint density at radius 1 is 0.967 bits per heavy atom. The van der Waals surface area contributed by atoms with Crippen LogP contribution in [0.15, 0.2) is 76.0 Å². The molecule has 0 radical (unpaired) electrons. The lowest BCUT2D eigenvalue weighted by Crippen LogP contribution is -2.22. The number of halogens is 3. The summed E-state index contributed by atoms with van der Waals surface area (Å²) in [5, 5.41) is 2.55. The van der Waals surface area contributed by atoms with E-state index in [4.69, 9.17) is 4.42 Å². The minimum absolute atomic E-state index is 0.0312. The van der Waals surface area contributed by atoms with Crippen LogP contribution in [-0.2, 0) is 22.1 Å². The Balaban J connectivity index is 1.58. The van der Waals surface area contributed by atoms with Gasteiger partial charge in [0.15, 0.2) is 15.6 Å². The number of amides is 1. The van der Waals surface area contributed by atoms with Crippen LogP contribution in [0, 0.1) is 0 Å². The number of furan rings is 1. The lowest BCUT2D eigenvalue weighted by Gasteiger charge is -2.09. The van der Waals surface area contributed by atoms with Gasteiger partial charge in [0.25, 0.3) is 5.91 Å². The van der Waals surface area contributed by atoms with Crippen molar-refractivity contribution < 1.29 is 35.5 Å². The van der Waals surface area contributed by atoms with E-state index in [1.807, 2.05) is 0 Å². The molecule has 0 aliphatic carbocycles. The second-order valence-electron chi connectivity index (χ2n) is 6.21. The largest absolute Gasteiger partial charge is 0.573 e. The second kappa shape index (κ2) is 8.62. The monoisotopic (exact) mass is 439 g/mol. The number of sulfone groups is 1. The third-order valence-electron chi connectivity index (χ3n) is 3.93. The minimum Gasteiger partial charge on any atom is -0.455 e. The second-order valence-corrected chi connectivity index (χ2v) is 8.20. The summed E-state index contributed by atoms with van der Waals surface area (Å²) < 4.78 is 70.3. The van der Waals surface area contributed by atoms with Crippen LogP contribution in [0.3, 0.4) is 0 Å². The van der Waals surface area contributed by atoms with Crippen molar-refractivity contribution in [2.45, 2.75) is 23.6 Å². The number of rotatable bonds is 7. The highest BCUT2D eigenvalue weighted by molar-refractivity contribution is 7.90. The standard InChI is InChI=1S/C20H16F3NO5S/c21-20(22,23)29-15-8-6-14(7-9-15)12-24-19(25)18-11-10-16(28-18)13-30(26,27)17-4-2-1-3-5-17/h1-11H,12-13H2,(H,24,25). The molecule has 1 aromatic heterocycles. The van der Waals surface area contributed by atoms with Gasteiger partial charge in [-0.1, -0.05) is 30.3 Å². The molecule has 3 rings (SSSR count). The molecule has 0 aliphatic rings. The van der Waals surface area contributed by atoms with Gasteiger partial charge in [0.1, 0.15) is 17.3 Å². The molecule has 0 atom stereocenters. The predicted octanol–water partition coefficient (Wildman–Crippen LogP) is 4.08. The molecular weight excluding hydrogens is 423 g/mol. The summed E-state index contributed by atoms with van der Waals surface area (Å²) >= 11 is 0. The topological polar surface area (TPSA) is 85.6 Å². The quantitative estimate of drug-likeness (QED) is 0.600. The number of carbonyl (C=O) groups is 1. The fourth-order valence-electron chi connectivity index (χ4n) is 2.55. The molecule has 0 saturated carbocycles. The molecule has 158 valence electrons. The Labute approximate surface area is 170 Å². The van der Waals surface area contributed by atoms with Crippen molar-refractivity contribution in [3.8, 4) is 5.75 Å². The van der Waals surface area contributed by atoms with E-state index in [0.717, 1.165) is 12.1 Å². The molecule has 1 N–H and O–H groups in total. The molecule has 1 heterocycles. The molecular formula is C20H16F3NO5S. The van der Waals surface area contributed by atoms with E-state index in [1.54, 1.807) is 18.2 Å². The highest BCUT2D eigenvalue weighted by Crippen LogP contribution is 2.23. The number of benzene rings is 2. The first-order valence-electron chi connectivity index (χ1n) is 8.62. The molecule has 0 bridgehead atoms. The van der Waals surface area contributed by atoms with Crippen molar-refractivity contribution in [1.29, 1.82) is 0 Å². The van der Waals surface area contributed by atoms with Crippen molar-refractivity contribution in [3.63, 3.8) is 0 Å². The zero-order chi connectivity index (χ0) is 21.8. The maximum absolute atomic E-state index is 12.4. The number of nitrogens with one attached hydrogen (secondary N) is 1. The number of alkyl halides is 3. The van der Waals surface area contributed by atoms with Crippen molar-refractivity contribution in [1.82, 2.24) is 5.32 Å². The van der Waals surface area contributed by atoms with E-state index in [0.29, 0.717) is 5.56 Å². The van der Waals surface area contributed by atoms with Gasteiger partial charge in [0.05, 0.1) is 4.90 Å². The average Bonchev–Trinajstić information content (AvgIpc) is 3.14. The van der Waals surface area contributed by atoms with Crippen LogP contribution in [0.4, 0.5) is 13.2 Å². The van der Waals surface area contributed by atoms with Crippen molar-refractivity contribution in [2.24, 2.45) is 0 Å². The van der Waals surface area contributed by atoms with Crippen LogP contribution in [0.1, 0.15) is 21.9 Å². The van der Waals surface area contributed by atoms with E-state index >= 15 is 0 Å². The molecule has 3 aromatic rings. The zero-order valence-corrected chi connectivity index (χ0v) is 16.2. The van der Waals surface area contributed by atoms with Gasteiger partial charge in [0.2, 0.25) is 0 Å². The summed E-state index contributed by atoms with van der Waals surface area (Å²) in [5.74, 6) is -1.32. The first-order chi connectivity index (χ1) is 14.1. The van der Waals surface area contributed by atoms with Crippen LogP contribution in [0.25, 0.3) is 0 Å². The Morgan fingerprint density at radius 2 is 1.63 bits per heavy atom. The van der Waals surface area contributed by atoms with E-state index in [9.17, 15) is 26.4 Å². The fourth-order valence-corrected chi connectivity index (χ4v) is 3.82. The summed E-state index contributed by atoms with van der Waals surface area (Å²) in [6.45, 7) is 0.0312. The molecule has 0 fully saturated rings. The highest BCUT2D eigenvalue weighted by atomic mass is 32.2. The van der Waals surface area contributed by atoms with Gasteiger partial charge in [-0.2, -0.15) is 0 Å². The van der Waals surface area contributed by atoms with Crippen LogP contribution >= 0.6 is 0 Å². The van der Waals surface area contributed by atoms with Gasteiger partial charge in [-0.25, -0.2) is 8.42 Å². The van der Waals surface area contributed by atoms with E-state index in [1.165, 1.54) is 36.4 Å². The molecule has 6 nitrogen and oxygen atoms in total. The summed E-state index contributed by atoms with van der Waals surface area (Å²) in [7, 11) is -3.62. The molecule has 0 aliphatic heterocycles. The molecule has 30 heavy (non-hydrogen) atoms. The van der Waals surface area contributed by atoms with E-state index < -0.39 is 27.9 Å². The van der Waals surface area contributed by atoms with Gasteiger partial charge < -0.3 is 14.5 Å². The van der Waals surface area contributed by atoms with E-state index in [2.05, 4.69) is 10.1 Å². The van der Waals surface area contributed by atoms with Gasteiger partial charge in [0, 0.05) is 6.54 Å². The fraction of sp³-hybridized carbons (Fsp3) is 0.150. The SMILES string of the molecule is O=C(NCc1ccc(OC(F)(F)F)cc1)c1ccc(CS(=O)(=O)c2ccccc2)o1. The third kappa shape index (κ3) is 5.86. The Morgan fingerprint density at radius 3 is 2.27 bits per heavy atom. The number of carbonyl (C=O) groups excluding carboxylic acids is 1. The minimum atomic E-state index is -4.78. The van der Waals surface area contributed by atoms with Crippen LogP contribution < -0.4 is 10.1 Å². The van der Waals surface area contributed by atoms with Crippen molar-refractivity contribution >= 4 is 15.7 Å². The molecule has 0 unspecified atom stereocenters. The number of ether oxygens (including phenoxy) is 1. The maximum Gasteiger partial charge on any atom is 0.573 e. The smallest absolute Gasteiger partial charge is 0.455 e. The maximum atomic E-state index is 12.4. The Hall–Kier alpha value is -3.27. The molecule has 10 heteroatoms. The third-order valence-corrected chi connectivity index (χ3v) is 5.59.